The largest absolute Gasteiger partial charge is 0.580 e. The van der Waals surface area contributed by atoms with Crippen molar-refractivity contribution in [3.05, 3.63) is 35.4 Å². The van der Waals surface area contributed by atoms with Crippen molar-refractivity contribution in [2.24, 2.45) is 0 Å². The Labute approximate surface area is 74.8 Å². The van der Waals surface area contributed by atoms with Crippen LogP contribution in [0.25, 0.3) is 0 Å². The summed E-state index contributed by atoms with van der Waals surface area (Å²) < 4.78 is 9.24. The molecule has 0 unspecified atom stereocenters. The average Bonchev–Trinajstić information content (AvgIpc) is 2.29. The molecule has 0 amide bonds. The molecule has 64 valence electrons. The predicted molar refractivity (Wildman–Crippen MR) is 44.4 cm³/mol. The zero-order chi connectivity index (χ0) is 9.26. The second-order valence-corrected chi connectivity index (χ2v) is 2.53. The molecule has 5 heteroatoms. The van der Waals surface area contributed by atoms with Crippen LogP contribution in [-0.4, -0.2) is 19.6 Å². The van der Waals surface area contributed by atoms with E-state index in [0.29, 0.717) is 0 Å². The van der Waals surface area contributed by atoms with Crippen LogP contribution in [0.5, 0.6) is 0 Å². The number of hydrogen-bond acceptors (Lipinski definition) is 4. The maximum absolute atomic E-state index is 11.2. The van der Waals surface area contributed by atoms with Crippen molar-refractivity contribution in [1.82, 2.24) is 0 Å². The highest BCUT2D eigenvalue weighted by atomic mass is 16.6. The minimum absolute atomic E-state index is 0.255. The molecule has 0 aliphatic carbocycles. The first-order chi connectivity index (χ1) is 6.29. The van der Waals surface area contributed by atoms with Crippen LogP contribution in [0.2, 0.25) is 0 Å². The quantitative estimate of drug-likeness (QED) is 0.532. The molecule has 0 saturated heterocycles. The van der Waals surface area contributed by atoms with Crippen LogP contribution < -0.4 is 0 Å². The Kier molecular flexibility index (Phi) is 1.77. The summed E-state index contributed by atoms with van der Waals surface area (Å²) >= 11 is 0. The lowest BCUT2D eigenvalue weighted by Gasteiger charge is -1.98. The standard InChI is InChI=1S/C8H5BO4/c10-7-5-3-1-2-4-6(5)8(11)13-9-12-7/h1-4,9H. The fraction of sp³-hybridized carbons (Fsp3) is 0. The van der Waals surface area contributed by atoms with Gasteiger partial charge in [-0.3, -0.25) is 0 Å². The first-order valence-electron chi connectivity index (χ1n) is 3.72. The molecule has 0 saturated carbocycles. The SMILES string of the molecule is O=C1OBOC(=O)c2ccccc21. The third-order valence-electron chi connectivity index (χ3n) is 1.75. The number of carbonyl (C=O) groups excluding carboxylic acids is 2. The van der Waals surface area contributed by atoms with Gasteiger partial charge in [-0.05, 0) is 12.1 Å². The van der Waals surface area contributed by atoms with Crippen molar-refractivity contribution >= 4 is 19.6 Å². The molecule has 4 nitrogen and oxygen atoms in total. The summed E-state index contributed by atoms with van der Waals surface area (Å²) in [4.78, 5) is 22.4. The summed E-state index contributed by atoms with van der Waals surface area (Å²) in [5, 5.41) is 0. The summed E-state index contributed by atoms with van der Waals surface area (Å²) in [6, 6.07) is 6.39. The lowest BCUT2D eigenvalue weighted by Crippen LogP contribution is -2.08. The molecule has 0 fully saturated rings. The van der Waals surface area contributed by atoms with Crippen LogP contribution in [0, 0.1) is 0 Å². The maximum atomic E-state index is 11.2. The third-order valence-corrected chi connectivity index (χ3v) is 1.75. The van der Waals surface area contributed by atoms with Crippen molar-refractivity contribution in [2.45, 2.75) is 0 Å². The molecule has 0 N–H and O–H groups in total. The fourth-order valence-electron chi connectivity index (χ4n) is 1.13. The van der Waals surface area contributed by atoms with E-state index in [2.05, 4.69) is 9.31 Å². The van der Waals surface area contributed by atoms with Crippen LogP contribution in [0.1, 0.15) is 20.7 Å². The molecule has 13 heavy (non-hydrogen) atoms. The van der Waals surface area contributed by atoms with Gasteiger partial charge in [0, 0.05) is 0 Å². The zero-order valence-corrected chi connectivity index (χ0v) is 6.65. The molecule has 0 bridgehead atoms. The molecule has 1 aliphatic rings. The number of carbonyl (C=O) groups is 2. The van der Waals surface area contributed by atoms with Crippen molar-refractivity contribution in [3.8, 4) is 0 Å². The Morgan fingerprint density at radius 2 is 1.38 bits per heavy atom. The van der Waals surface area contributed by atoms with E-state index < -0.39 is 11.9 Å². The molecule has 1 aromatic carbocycles. The van der Waals surface area contributed by atoms with Gasteiger partial charge in [-0.1, -0.05) is 12.1 Å². The first-order valence-corrected chi connectivity index (χ1v) is 3.72. The molecule has 0 radical (unpaired) electrons. The lowest BCUT2D eigenvalue weighted by molar-refractivity contribution is 0.0668. The van der Waals surface area contributed by atoms with Gasteiger partial charge in [0.05, 0.1) is 11.1 Å². The van der Waals surface area contributed by atoms with Crippen LogP contribution in [0.15, 0.2) is 24.3 Å². The lowest BCUT2D eigenvalue weighted by atomic mass is 10.1. The van der Waals surface area contributed by atoms with Gasteiger partial charge in [-0.2, -0.15) is 0 Å². The van der Waals surface area contributed by atoms with E-state index in [0.717, 1.165) is 0 Å². The molecule has 0 atom stereocenters. The van der Waals surface area contributed by atoms with Gasteiger partial charge in [0.2, 0.25) is 0 Å². The van der Waals surface area contributed by atoms with E-state index in [-0.39, 0.29) is 18.8 Å². The topological polar surface area (TPSA) is 52.6 Å². The molecule has 0 spiro atoms. The van der Waals surface area contributed by atoms with Crippen molar-refractivity contribution in [2.75, 3.05) is 0 Å². The monoisotopic (exact) mass is 176 g/mol. The van der Waals surface area contributed by atoms with Gasteiger partial charge in [-0.15, -0.1) is 0 Å². The Balaban J connectivity index is 2.57. The molecular weight excluding hydrogens is 171 g/mol. The number of benzene rings is 1. The van der Waals surface area contributed by atoms with Crippen LogP contribution in [-0.2, 0) is 9.31 Å². The van der Waals surface area contributed by atoms with Crippen molar-refractivity contribution in [3.63, 3.8) is 0 Å². The van der Waals surface area contributed by atoms with Gasteiger partial charge >= 0.3 is 19.6 Å². The van der Waals surface area contributed by atoms with E-state index in [4.69, 9.17) is 0 Å². The smallest absolute Gasteiger partial charge is 0.498 e. The van der Waals surface area contributed by atoms with Gasteiger partial charge in [-0.25, -0.2) is 9.59 Å². The Bertz CT molecular complexity index is 339. The number of rotatable bonds is 0. The summed E-state index contributed by atoms with van der Waals surface area (Å²) in [7, 11) is -0.313. The highest BCUT2D eigenvalue weighted by molar-refractivity contribution is 6.31. The first kappa shape index (κ1) is 7.85. The van der Waals surface area contributed by atoms with Crippen LogP contribution in [0.4, 0.5) is 0 Å². The highest BCUT2D eigenvalue weighted by Crippen LogP contribution is 2.13. The Morgan fingerprint density at radius 1 is 0.923 bits per heavy atom. The van der Waals surface area contributed by atoms with Gasteiger partial charge < -0.3 is 9.31 Å². The van der Waals surface area contributed by atoms with E-state index in [1.54, 1.807) is 12.1 Å². The predicted octanol–water partition coefficient (Wildman–Crippen LogP) is 0.280. The van der Waals surface area contributed by atoms with E-state index >= 15 is 0 Å². The minimum atomic E-state index is -0.526. The number of fused-ring (bicyclic) bond motifs is 1. The summed E-state index contributed by atoms with van der Waals surface area (Å²) in [6.45, 7) is 0. The zero-order valence-electron chi connectivity index (χ0n) is 6.65. The summed E-state index contributed by atoms with van der Waals surface area (Å²) in [5.74, 6) is -1.05. The Morgan fingerprint density at radius 3 is 1.85 bits per heavy atom. The molecule has 0 aromatic heterocycles. The van der Waals surface area contributed by atoms with Crippen molar-refractivity contribution < 1.29 is 18.9 Å². The van der Waals surface area contributed by atoms with Crippen molar-refractivity contribution in [1.29, 1.82) is 0 Å². The van der Waals surface area contributed by atoms with Crippen LogP contribution >= 0.6 is 0 Å². The second kappa shape index (κ2) is 2.93. The molecule has 2 rings (SSSR count). The van der Waals surface area contributed by atoms with Gasteiger partial charge in [0.1, 0.15) is 0 Å². The van der Waals surface area contributed by atoms with Crippen LogP contribution in [0.3, 0.4) is 0 Å². The number of hydrogen-bond donors (Lipinski definition) is 0. The second-order valence-electron chi connectivity index (χ2n) is 2.53. The normalized spacial score (nSPS) is 14.8. The fourth-order valence-corrected chi connectivity index (χ4v) is 1.13. The average molecular weight is 176 g/mol. The molecular formula is C8H5BO4. The molecule has 1 heterocycles. The van der Waals surface area contributed by atoms with E-state index in [9.17, 15) is 9.59 Å². The Hall–Kier alpha value is -1.78. The van der Waals surface area contributed by atoms with Gasteiger partial charge in [0.25, 0.3) is 0 Å². The van der Waals surface area contributed by atoms with E-state index in [1.807, 2.05) is 0 Å². The van der Waals surface area contributed by atoms with Gasteiger partial charge in [0.15, 0.2) is 0 Å². The van der Waals surface area contributed by atoms with E-state index in [1.165, 1.54) is 12.1 Å². The molecule has 1 aromatic rings. The highest BCUT2D eigenvalue weighted by Gasteiger charge is 2.23. The minimum Gasteiger partial charge on any atom is -0.498 e. The third kappa shape index (κ3) is 1.28. The summed E-state index contributed by atoms with van der Waals surface area (Å²) in [5.41, 5.74) is 0.509. The summed E-state index contributed by atoms with van der Waals surface area (Å²) in [6.07, 6.45) is 0. The maximum Gasteiger partial charge on any atom is 0.580 e. The molecule has 1 aliphatic heterocycles.